The standard InChI is InChI=1S/C19H25ClFN3/c20-13-11-16(21)18-17(12-13)24(15-9-5-2-6-10-15)19(23-18)22-14-7-3-1-4-8-14/h11-12,14-15H,1-10H2,(H,22,23). The second kappa shape index (κ2) is 6.91. The highest BCUT2D eigenvalue weighted by molar-refractivity contribution is 6.31. The van der Waals surface area contributed by atoms with Gasteiger partial charge in [0, 0.05) is 17.1 Å². The second-order valence-corrected chi connectivity index (χ2v) is 7.77. The molecule has 1 N–H and O–H groups in total. The van der Waals surface area contributed by atoms with Crippen molar-refractivity contribution in [1.29, 1.82) is 0 Å². The van der Waals surface area contributed by atoms with E-state index in [1.807, 2.05) is 6.07 Å². The van der Waals surface area contributed by atoms with E-state index in [2.05, 4.69) is 14.9 Å². The zero-order chi connectivity index (χ0) is 16.5. The number of hydrogen-bond acceptors (Lipinski definition) is 2. The molecular formula is C19H25ClFN3. The van der Waals surface area contributed by atoms with E-state index in [-0.39, 0.29) is 5.82 Å². The first-order valence-electron chi connectivity index (χ1n) is 9.36. The van der Waals surface area contributed by atoms with Crippen LogP contribution in [-0.2, 0) is 0 Å². The van der Waals surface area contributed by atoms with Gasteiger partial charge in [0.25, 0.3) is 0 Å². The Labute approximate surface area is 147 Å². The topological polar surface area (TPSA) is 29.9 Å². The Hall–Kier alpha value is -1.29. The SMILES string of the molecule is Fc1cc(Cl)cc2c1nc(NC1CCCCC1)n2C1CCCCC1. The first-order valence-corrected chi connectivity index (χ1v) is 9.73. The minimum absolute atomic E-state index is 0.321. The molecule has 0 bridgehead atoms. The van der Waals surface area contributed by atoms with Crippen LogP contribution < -0.4 is 5.32 Å². The van der Waals surface area contributed by atoms with Gasteiger partial charge in [0.05, 0.1) is 5.52 Å². The van der Waals surface area contributed by atoms with Gasteiger partial charge in [-0.3, -0.25) is 0 Å². The lowest BCUT2D eigenvalue weighted by Gasteiger charge is -2.28. The Balaban J connectivity index is 1.76. The summed E-state index contributed by atoms with van der Waals surface area (Å²) >= 11 is 6.13. The van der Waals surface area contributed by atoms with Crippen LogP contribution in [-0.4, -0.2) is 15.6 Å². The van der Waals surface area contributed by atoms with Gasteiger partial charge in [-0.2, -0.15) is 0 Å². The van der Waals surface area contributed by atoms with E-state index < -0.39 is 0 Å². The number of nitrogens with one attached hydrogen (secondary N) is 1. The molecule has 0 unspecified atom stereocenters. The van der Waals surface area contributed by atoms with Crippen LogP contribution in [0.25, 0.3) is 11.0 Å². The molecule has 2 fully saturated rings. The summed E-state index contributed by atoms with van der Waals surface area (Å²) in [7, 11) is 0. The molecule has 1 heterocycles. The predicted octanol–water partition coefficient (Wildman–Crippen LogP) is 6.08. The predicted molar refractivity (Wildman–Crippen MR) is 97.3 cm³/mol. The van der Waals surface area contributed by atoms with Crippen molar-refractivity contribution >= 4 is 28.6 Å². The van der Waals surface area contributed by atoms with E-state index >= 15 is 0 Å². The summed E-state index contributed by atoms with van der Waals surface area (Å²) in [5, 5.41) is 4.07. The van der Waals surface area contributed by atoms with Crippen molar-refractivity contribution in [2.45, 2.75) is 76.3 Å². The lowest BCUT2D eigenvalue weighted by Crippen LogP contribution is -2.25. The van der Waals surface area contributed by atoms with Crippen LogP contribution in [0.1, 0.15) is 70.3 Å². The van der Waals surface area contributed by atoms with Crippen LogP contribution in [0.2, 0.25) is 5.02 Å². The van der Waals surface area contributed by atoms with Gasteiger partial charge in [-0.05, 0) is 37.8 Å². The summed E-state index contributed by atoms with van der Waals surface area (Å²) in [6, 6.07) is 4.09. The van der Waals surface area contributed by atoms with Crippen molar-refractivity contribution < 1.29 is 4.39 Å². The Morgan fingerprint density at radius 2 is 1.67 bits per heavy atom. The third-order valence-electron chi connectivity index (χ3n) is 5.59. The molecule has 0 radical (unpaired) electrons. The molecule has 0 atom stereocenters. The van der Waals surface area contributed by atoms with Crippen LogP contribution in [0.3, 0.4) is 0 Å². The maximum Gasteiger partial charge on any atom is 0.204 e. The van der Waals surface area contributed by atoms with E-state index in [0.29, 0.717) is 22.6 Å². The first kappa shape index (κ1) is 16.2. The molecule has 0 saturated heterocycles. The lowest BCUT2D eigenvalue weighted by atomic mass is 9.94. The second-order valence-electron chi connectivity index (χ2n) is 7.33. The first-order chi connectivity index (χ1) is 11.7. The quantitative estimate of drug-likeness (QED) is 0.727. The normalized spacial score (nSPS) is 20.6. The highest BCUT2D eigenvalue weighted by atomic mass is 35.5. The van der Waals surface area contributed by atoms with Crippen molar-refractivity contribution in [1.82, 2.24) is 9.55 Å². The summed E-state index contributed by atoms with van der Waals surface area (Å²) in [6.45, 7) is 0. The largest absolute Gasteiger partial charge is 0.353 e. The van der Waals surface area contributed by atoms with E-state index in [0.717, 1.165) is 24.3 Å². The van der Waals surface area contributed by atoms with Gasteiger partial charge in [0.1, 0.15) is 5.52 Å². The van der Waals surface area contributed by atoms with Gasteiger partial charge in [0.2, 0.25) is 5.95 Å². The Bertz CT molecular complexity index is 715. The number of fused-ring (bicyclic) bond motifs is 1. The number of imidazole rings is 1. The fraction of sp³-hybridized carbons (Fsp3) is 0.632. The minimum atomic E-state index is -0.321. The molecule has 5 heteroatoms. The number of halogens is 2. The summed E-state index contributed by atoms with van der Waals surface area (Å²) in [6.07, 6.45) is 12.2. The molecule has 130 valence electrons. The van der Waals surface area contributed by atoms with Crippen LogP contribution in [0.5, 0.6) is 0 Å². The molecular weight excluding hydrogens is 325 g/mol. The van der Waals surface area contributed by atoms with Crippen LogP contribution in [0.4, 0.5) is 10.3 Å². The highest BCUT2D eigenvalue weighted by Crippen LogP contribution is 2.36. The van der Waals surface area contributed by atoms with Crippen LogP contribution >= 0.6 is 11.6 Å². The highest BCUT2D eigenvalue weighted by Gasteiger charge is 2.25. The molecule has 0 aliphatic heterocycles. The number of nitrogens with zero attached hydrogens (tertiary/aromatic N) is 2. The Kier molecular flexibility index (Phi) is 4.66. The van der Waals surface area contributed by atoms with Crippen molar-refractivity contribution in [2.75, 3.05) is 5.32 Å². The van der Waals surface area contributed by atoms with Gasteiger partial charge in [-0.25, -0.2) is 9.37 Å². The fourth-order valence-electron chi connectivity index (χ4n) is 4.36. The molecule has 0 spiro atoms. The van der Waals surface area contributed by atoms with E-state index in [1.54, 1.807) is 0 Å². The van der Waals surface area contributed by atoms with Crippen molar-refractivity contribution in [3.05, 3.63) is 23.0 Å². The molecule has 1 aromatic heterocycles. The summed E-state index contributed by atoms with van der Waals surface area (Å²) in [4.78, 5) is 4.64. The zero-order valence-electron chi connectivity index (χ0n) is 14.0. The van der Waals surface area contributed by atoms with E-state index in [1.165, 1.54) is 57.4 Å². The fourth-order valence-corrected chi connectivity index (χ4v) is 4.56. The maximum atomic E-state index is 14.4. The van der Waals surface area contributed by atoms with Crippen molar-refractivity contribution in [2.24, 2.45) is 0 Å². The monoisotopic (exact) mass is 349 g/mol. The third kappa shape index (κ3) is 3.13. The number of rotatable bonds is 3. The van der Waals surface area contributed by atoms with Crippen molar-refractivity contribution in [3.8, 4) is 0 Å². The third-order valence-corrected chi connectivity index (χ3v) is 5.81. The van der Waals surface area contributed by atoms with Gasteiger partial charge in [0.15, 0.2) is 5.82 Å². The molecule has 2 aliphatic carbocycles. The van der Waals surface area contributed by atoms with Crippen LogP contribution in [0.15, 0.2) is 12.1 Å². The van der Waals surface area contributed by atoms with Gasteiger partial charge >= 0.3 is 0 Å². The number of benzene rings is 1. The molecule has 2 saturated carbocycles. The summed E-state index contributed by atoms with van der Waals surface area (Å²) in [5.74, 6) is 0.517. The van der Waals surface area contributed by atoms with Crippen LogP contribution in [0, 0.1) is 5.82 Å². The van der Waals surface area contributed by atoms with Crippen molar-refractivity contribution in [3.63, 3.8) is 0 Å². The molecule has 3 nitrogen and oxygen atoms in total. The van der Waals surface area contributed by atoms with Gasteiger partial charge < -0.3 is 9.88 Å². The van der Waals surface area contributed by atoms with E-state index in [9.17, 15) is 4.39 Å². The molecule has 2 aromatic rings. The molecule has 2 aliphatic rings. The average Bonchev–Trinajstić information content (AvgIpc) is 2.95. The Morgan fingerprint density at radius 3 is 2.38 bits per heavy atom. The van der Waals surface area contributed by atoms with Gasteiger partial charge in [-0.15, -0.1) is 0 Å². The minimum Gasteiger partial charge on any atom is -0.353 e. The lowest BCUT2D eigenvalue weighted by molar-refractivity contribution is 0.360. The molecule has 24 heavy (non-hydrogen) atoms. The smallest absolute Gasteiger partial charge is 0.204 e. The number of hydrogen-bond donors (Lipinski definition) is 1. The number of anilines is 1. The number of aromatic nitrogens is 2. The summed E-state index contributed by atoms with van der Waals surface area (Å²) < 4.78 is 16.6. The molecule has 0 amide bonds. The molecule has 1 aromatic carbocycles. The Morgan fingerprint density at radius 1 is 1.00 bits per heavy atom. The maximum absolute atomic E-state index is 14.4. The van der Waals surface area contributed by atoms with Gasteiger partial charge in [-0.1, -0.05) is 50.1 Å². The summed E-state index contributed by atoms with van der Waals surface area (Å²) in [5.41, 5.74) is 1.29. The average molecular weight is 350 g/mol. The zero-order valence-corrected chi connectivity index (χ0v) is 14.8. The molecule has 4 rings (SSSR count). The van der Waals surface area contributed by atoms with E-state index in [4.69, 9.17) is 11.6 Å².